The first kappa shape index (κ1) is 22.2. The Bertz CT molecular complexity index is 1610. The predicted molar refractivity (Wildman–Crippen MR) is 134 cm³/mol. The standard InChI is InChI=1S/C29H22O6/c1-34-26(32)15-23(21-8-4-6-17-5-2-3-7-20(17)21)27-25(31)14-13-22-28(33)24(16-35-29(22)27)18-9-11-19(30)12-10-18/h2-14,16,23,30-31H,15H2,1H3/t23-/m1/s1. The second-order valence-electron chi connectivity index (χ2n) is 8.30. The Morgan fingerprint density at radius 3 is 2.43 bits per heavy atom. The number of ether oxygens (including phenoxy) is 1. The number of methoxy groups -OCH3 is 1. The molecule has 6 nitrogen and oxygen atoms in total. The minimum atomic E-state index is -0.625. The van der Waals surface area contributed by atoms with Crippen LogP contribution in [0.3, 0.4) is 0 Å². The van der Waals surface area contributed by atoms with Crippen molar-refractivity contribution in [3.8, 4) is 22.6 Å². The first-order valence-corrected chi connectivity index (χ1v) is 11.1. The zero-order valence-corrected chi connectivity index (χ0v) is 18.9. The molecule has 0 bridgehead atoms. The van der Waals surface area contributed by atoms with E-state index in [0.29, 0.717) is 16.7 Å². The number of esters is 1. The summed E-state index contributed by atoms with van der Waals surface area (Å²) in [5.74, 6) is -1.07. The number of rotatable bonds is 5. The molecule has 0 spiro atoms. The normalized spacial score (nSPS) is 12.0. The lowest BCUT2D eigenvalue weighted by Gasteiger charge is -2.21. The highest BCUT2D eigenvalue weighted by Gasteiger charge is 2.27. The van der Waals surface area contributed by atoms with Gasteiger partial charge >= 0.3 is 5.97 Å². The van der Waals surface area contributed by atoms with Crippen LogP contribution in [0.1, 0.15) is 23.5 Å². The molecule has 1 atom stereocenters. The van der Waals surface area contributed by atoms with Gasteiger partial charge in [-0.25, -0.2) is 0 Å². The van der Waals surface area contributed by atoms with Crippen LogP contribution in [0.4, 0.5) is 0 Å². The summed E-state index contributed by atoms with van der Waals surface area (Å²) in [6.07, 6.45) is 1.29. The molecular weight excluding hydrogens is 444 g/mol. The van der Waals surface area contributed by atoms with E-state index in [4.69, 9.17) is 9.15 Å². The number of phenolic OH excluding ortho intramolecular Hbond substituents is 2. The number of carbonyl (C=O) groups is 1. The fraction of sp³-hybridized carbons (Fsp3) is 0.103. The van der Waals surface area contributed by atoms with E-state index in [1.54, 1.807) is 12.1 Å². The monoisotopic (exact) mass is 466 g/mol. The quantitative estimate of drug-likeness (QED) is 0.322. The Hall–Kier alpha value is -4.58. The summed E-state index contributed by atoms with van der Waals surface area (Å²) in [5, 5.41) is 22.7. The number of fused-ring (bicyclic) bond motifs is 2. The molecule has 2 N–H and O–H groups in total. The second kappa shape index (κ2) is 8.99. The van der Waals surface area contributed by atoms with E-state index in [-0.39, 0.29) is 34.3 Å². The average Bonchev–Trinajstić information content (AvgIpc) is 2.88. The van der Waals surface area contributed by atoms with E-state index in [1.165, 1.54) is 37.6 Å². The lowest BCUT2D eigenvalue weighted by atomic mass is 9.84. The number of benzene rings is 4. The van der Waals surface area contributed by atoms with Gasteiger partial charge < -0.3 is 19.4 Å². The zero-order chi connectivity index (χ0) is 24.5. The zero-order valence-electron chi connectivity index (χ0n) is 18.9. The van der Waals surface area contributed by atoms with Crippen molar-refractivity contribution in [1.29, 1.82) is 0 Å². The second-order valence-corrected chi connectivity index (χ2v) is 8.30. The summed E-state index contributed by atoms with van der Waals surface area (Å²) in [4.78, 5) is 25.9. The number of phenols is 2. The molecule has 0 amide bonds. The van der Waals surface area contributed by atoms with Gasteiger partial charge in [-0.3, -0.25) is 9.59 Å². The van der Waals surface area contributed by atoms with Crippen LogP contribution in [-0.2, 0) is 9.53 Å². The van der Waals surface area contributed by atoms with Crippen LogP contribution in [0.2, 0.25) is 0 Å². The van der Waals surface area contributed by atoms with E-state index in [1.807, 2.05) is 42.5 Å². The van der Waals surface area contributed by atoms with Gasteiger partial charge in [0, 0.05) is 11.5 Å². The van der Waals surface area contributed by atoms with Gasteiger partial charge in [0.05, 0.1) is 24.5 Å². The van der Waals surface area contributed by atoms with Crippen LogP contribution in [0, 0.1) is 0 Å². The number of hydrogen-bond donors (Lipinski definition) is 2. The van der Waals surface area contributed by atoms with Gasteiger partial charge in [0.2, 0.25) is 5.43 Å². The summed E-state index contributed by atoms with van der Waals surface area (Å²) < 4.78 is 10.9. The van der Waals surface area contributed by atoms with Crippen molar-refractivity contribution in [2.45, 2.75) is 12.3 Å². The molecule has 5 aromatic rings. The van der Waals surface area contributed by atoms with Crippen molar-refractivity contribution in [1.82, 2.24) is 0 Å². The van der Waals surface area contributed by atoms with Crippen LogP contribution < -0.4 is 5.43 Å². The third kappa shape index (κ3) is 3.99. The van der Waals surface area contributed by atoms with Gasteiger partial charge in [0.1, 0.15) is 23.3 Å². The summed E-state index contributed by atoms with van der Waals surface area (Å²) in [6.45, 7) is 0. The van der Waals surface area contributed by atoms with Gasteiger partial charge in [-0.15, -0.1) is 0 Å². The molecule has 0 aliphatic rings. The molecule has 35 heavy (non-hydrogen) atoms. The van der Waals surface area contributed by atoms with Crippen LogP contribution >= 0.6 is 0 Å². The minimum Gasteiger partial charge on any atom is -0.508 e. The van der Waals surface area contributed by atoms with E-state index < -0.39 is 11.9 Å². The fourth-order valence-electron chi connectivity index (χ4n) is 4.56. The molecule has 4 aromatic carbocycles. The molecule has 0 radical (unpaired) electrons. The maximum Gasteiger partial charge on any atom is 0.306 e. The Labute approximate surface area is 200 Å². The average molecular weight is 466 g/mol. The predicted octanol–water partition coefficient (Wildman–Crippen LogP) is 5.72. The van der Waals surface area contributed by atoms with Crippen molar-refractivity contribution in [3.05, 3.63) is 106 Å². The van der Waals surface area contributed by atoms with Crippen LogP contribution in [-0.4, -0.2) is 23.3 Å². The molecule has 174 valence electrons. The fourth-order valence-corrected chi connectivity index (χ4v) is 4.56. The summed E-state index contributed by atoms with van der Waals surface area (Å²) in [5.41, 5.74) is 1.99. The molecule has 1 heterocycles. The summed E-state index contributed by atoms with van der Waals surface area (Å²) >= 11 is 0. The maximum atomic E-state index is 13.4. The van der Waals surface area contributed by atoms with Gasteiger partial charge in [0.25, 0.3) is 0 Å². The summed E-state index contributed by atoms with van der Waals surface area (Å²) in [7, 11) is 1.31. The van der Waals surface area contributed by atoms with Crippen molar-refractivity contribution in [3.63, 3.8) is 0 Å². The first-order chi connectivity index (χ1) is 17.0. The molecule has 0 aliphatic heterocycles. The van der Waals surface area contributed by atoms with Gasteiger partial charge in [-0.2, -0.15) is 0 Å². The molecule has 0 aliphatic carbocycles. The van der Waals surface area contributed by atoms with E-state index in [9.17, 15) is 19.8 Å². The van der Waals surface area contributed by atoms with E-state index in [0.717, 1.165) is 16.3 Å². The Morgan fingerprint density at radius 2 is 1.66 bits per heavy atom. The molecule has 0 saturated carbocycles. The third-order valence-electron chi connectivity index (χ3n) is 6.28. The van der Waals surface area contributed by atoms with Crippen molar-refractivity contribution in [2.24, 2.45) is 0 Å². The van der Waals surface area contributed by atoms with Gasteiger partial charge in [0.15, 0.2) is 0 Å². The SMILES string of the molecule is COC(=O)C[C@H](c1cccc2ccccc12)c1c(O)ccc2c(=O)c(-c3ccc(O)cc3)coc12. The molecule has 0 unspecified atom stereocenters. The smallest absolute Gasteiger partial charge is 0.306 e. The van der Waals surface area contributed by atoms with Crippen LogP contribution in [0.25, 0.3) is 32.9 Å². The van der Waals surface area contributed by atoms with Crippen LogP contribution in [0.5, 0.6) is 11.5 Å². The highest BCUT2D eigenvalue weighted by atomic mass is 16.5. The highest BCUT2D eigenvalue weighted by Crippen LogP contribution is 2.41. The van der Waals surface area contributed by atoms with Crippen molar-refractivity contribution >= 4 is 27.7 Å². The Kier molecular flexibility index (Phi) is 5.71. The molecule has 1 aromatic heterocycles. The maximum absolute atomic E-state index is 13.4. The highest BCUT2D eigenvalue weighted by molar-refractivity contribution is 5.91. The number of hydrogen-bond acceptors (Lipinski definition) is 6. The van der Waals surface area contributed by atoms with Crippen molar-refractivity contribution in [2.75, 3.05) is 7.11 Å². The molecule has 5 rings (SSSR count). The van der Waals surface area contributed by atoms with Gasteiger partial charge in [-0.05, 0) is 46.2 Å². The topological polar surface area (TPSA) is 97.0 Å². The minimum absolute atomic E-state index is 0.0550. The first-order valence-electron chi connectivity index (χ1n) is 11.1. The molecule has 6 heteroatoms. The molecule has 0 saturated heterocycles. The Balaban J connectivity index is 1.77. The Morgan fingerprint density at radius 1 is 0.914 bits per heavy atom. The van der Waals surface area contributed by atoms with E-state index in [2.05, 4.69) is 0 Å². The van der Waals surface area contributed by atoms with Crippen molar-refractivity contribution < 1.29 is 24.2 Å². The molecule has 0 fully saturated rings. The summed E-state index contributed by atoms with van der Waals surface area (Å²) in [6, 6.07) is 22.7. The number of carbonyl (C=O) groups excluding carboxylic acids is 1. The largest absolute Gasteiger partial charge is 0.508 e. The molecular formula is C29H22O6. The lowest BCUT2D eigenvalue weighted by molar-refractivity contribution is -0.140. The van der Waals surface area contributed by atoms with Crippen LogP contribution in [0.15, 0.2) is 94.3 Å². The van der Waals surface area contributed by atoms with E-state index >= 15 is 0 Å². The lowest BCUT2D eigenvalue weighted by Crippen LogP contribution is -2.13. The number of aromatic hydroxyl groups is 2. The third-order valence-corrected chi connectivity index (χ3v) is 6.28. The van der Waals surface area contributed by atoms with Gasteiger partial charge in [-0.1, -0.05) is 54.6 Å².